The molecule has 2 rings (SSSR count). The molecule has 0 N–H and O–H groups in total. The minimum Gasteiger partial charge on any atom is -0.285 e. The van der Waals surface area contributed by atoms with Crippen LogP contribution in [0.3, 0.4) is 0 Å². The van der Waals surface area contributed by atoms with Crippen LogP contribution in [-0.2, 0) is 27.6 Å². The van der Waals surface area contributed by atoms with E-state index in [0.717, 1.165) is 0 Å². The zero-order chi connectivity index (χ0) is 10.1. The Bertz CT molecular complexity index is 372. The zero-order valence-electron chi connectivity index (χ0n) is 7.86. The molecule has 14 heavy (non-hydrogen) atoms. The molecule has 1 aromatic rings. The van der Waals surface area contributed by atoms with E-state index in [2.05, 4.69) is 12.5 Å². The summed E-state index contributed by atoms with van der Waals surface area (Å²) in [6.07, 6.45) is 4.14. The molecule has 6 heteroatoms. The van der Waals surface area contributed by atoms with Crippen LogP contribution in [0, 0.1) is 0 Å². The predicted molar refractivity (Wildman–Crippen MR) is 64.5 cm³/mol. The van der Waals surface area contributed by atoms with Gasteiger partial charge in [0.25, 0.3) is 0 Å². The summed E-state index contributed by atoms with van der Waals surface area (Å²) >= 11 is 4.15. The summed E-state index contributed by atoms with van der Waals surface area (Å²) in [6.45, 7) is 0.509. The van der Waals surface area contributed by atoms with Gasteiger partial charge in [-0.1, -0.05) is 0 Å². The van der Waals surface area contributed by atoms with E-state index >= 15 is 0 Å². The second-order valence-corrected chi connectivity index (χ2v) is 7.05. The summed E-state index contributed by atoms with van der Waals surface area (Å²) in [6, 6.07) is 0. The quantitative estimate of drug-likeness (QED) is 0.769. The molecular formula is C8H10O2S4. The van der Waals surface area contributed by atoms with Gasteiger partial charge in [0.2, 0.25) is 0 Å². The third-order valence-electron chi connectivity index (χ3n) is 2.01. The molecule has 2 nitrogen and oxygen atoms in total. The Kier molecular flexibility index (Phi) is 3.59. The van der Waals surface area contributed by atoms with Gasteiger partial charge in [0.05, 0.1) is 20.8 Å². The molecule has 1 aromatic heterocycles. The maximum Gasteiger partial charge on any atom is 0.160 e. The van der Waals surface area contributed by atoms with Gasteiger partial charge in [0, 0.05) is 5.56 Å². The van der Waals surface area contributed by atoms with Gasteiger partial charge >= 0.3 is 0 Å². The standard InChI is InChI=1S/C8H10O2S4/c1-11-7-5-3-10-14(9)4-6(5)8(12-2)13-7/h3-4H2,1-2H3. The highest BCUT2D eigenvalue weighted by Gasteiger charge is 2.24. The van der Waals surface area contributed by atoms with Crippen molar-refractivity contribution in [3.63, 3.8) is 0 Å². The monoisotopic (exact) mass is 266 g/mol. The Morgan fingerprint density at radius 3 is 2.57 bits per heavy atom. The molecule has 1 aliphatic heterocycles. The van der Waals surface area contributed by atoms with Crippen LogP contribution in [0.1, 0.15) is 11.1 Å². The lowest BCUT2D eigenvalue weighted by Crippen LogP contribution is -2.09. The van der Waals surface area contributed by atoms with E-state index in [9.17, 15) is 4.21 Å². The van der Waals surface area contributed by atoms with E-state index in [-0.39, 0.29) is 0 Å². The van der Waals surface area contributed by atoms with Gasteiger partial charge < -0.3 is 0 Å². The van der Waals surface area contributed by atoms with E-state index in [4.69, 9.17) is 4.18 Å². The highest BCUT2D eigenvalue weighted by molar-refractivity contribution is 8.02. The number of hydrogen-bond donors (Lipinski definition) is 0. The van der Waals surface area contributed by atoms with Crippen LogP contribution < -0.4 is 0 Å². The Labute approximate surface area is 98.5 Å². The van der Waals surface area contributed by atoms with Gasteiger partial charge in [-0.3, -0.25) is 4.18 Å². The first-order chi connectivity index (χ1) is 6.76. The molecule has 0 bridgehead atoms. The highest BCUT2D eigenvalue weighted by Crippen LogP contribution is 2.42. The van der Waals surface area contributed by atoms with Crippen molar-refractivity contribution < 1.29 is 8.39 Å². The number of thiophene rings is 1. The van der Waals surface area contributed by atoms with E-state index in [1.807, 2.05) is 0 Å². The molecule has 0 aliphatic carbocycles. The largest absolute Gasteiger partial charge is 0.285 e. The second-order valence-electron chi connectivity index (χ2n) is 2.75. The van der Waals surface area contributed by atoms with Gasteiger partial charge in [-0.25, -0.2) is 4.21 Å². The van der Waals surface area contributed by atoms with Crippen molar-refractivity contribution in [2.45, 2.75) is 20.8 Å². The van der Waals surface area contributed by atoms with Crippen LogP contribution in [0.25, 0.3) is 0 Å². The third-order valence-corrected chi connectivity index (χ3v) is 6.51. The molecular weight excluding hydrogens is 256 g/mol. The van der Waals surface area contributed by atoms with Gasteiger partial charge in [-0.15, -0.1) is 34.9 Å². The number of thioether (sulfide) groups is 2. The van der Waals surface area contributed by atoms with Crippen molar-refractivity contribution in [1.82, 2.24) is 0 Å². The second kappa shape index (κ2) is 4.57. The Balaban J connectivity index is 2.47. The molecule has 0 fully saturated rings. The Morgan fingerprint density at radius 1 is 1.29 bits per heavy atom. The molecule has 0 saturated heterocycles. The molecule has 1 aliphatic rings. The van der Waals surface area contributed by atoms with Crippen LogP contribution in [0.2, 0.25) is 0 Å². The number of hydrogen-bond acceptors (Lipinski definition) is 5. The van der Waals surface area contributed by atoms with Crippen LogP contribution in [0.15, 0.2) is 8.42 Å². The summed E-state index contributed by atoms with van der Waals surface area (Å²) in [5.74, 6) is 0.558. The molecule has 0 aromatic carbocycles. The van der Waals surface area contributed by atoms with Crippen molar-refractivity contribution >= 4 is 45.9 Å². The van der Waals surface area contributed by atoms with Crippen LogP contribution in [0.4, 0.5) is 0 Å². The van der Waals surface area contributed by atoms with E-state index < -0.39 is 11.1 Å². The fraction of sp³-hybridized carbons (Fsp3) is 0.500. The zero-order valence-corrected chi connectivity index (χ0v) is 11.1. The van der Waals surface area contributed by atoms with E-state index in [0.29, 0.717) is 12.4 Å². The number of rotatable bonds is 2. The number of fused-ring (bicyclic) bond motifs is 1. The fourth-order valence-corrected chi connectivity index (χ4v) is 5.42. The summed E-state index contributed by atoms with van der Waals surface area (Å²) in [7, 11) is 0. The van der Waals surface area contributed by atoms with Crippen molar-refractivity contribution in [2.24, 2.45) is 0 Å². The highest BCUT2D eigenvalue weighted by atomic mass is 32.2. The molecule has 1 unspecified atom stereocenters. The minimum absolute atomic E-state index is 0.509. The predicted octanol–water partition coefficient (Wildman–Crippen LogP) is 2.89. The van der Waals surface area contributed by atoms with Gasteiger partial charge in [-0.05, 0) is 18.1 Å². The third kappa shape index (κ3) is 1.90. The first-order valence-electron chi connectivity index (χ1n) is 4.00. The van der Waals surface area contributed by atoms with Gasteiger partial charge in [0.15, 0.2) is 11.1 Å². The molecule has 2 heterocycles. The van der Waals surface area contributed by atoms with E-state index in [1.54, 1.807) is 34.9 Å². The molecule has 78 valence electrons. The van der Waals surface area contributed by atoms with Crippen LogP contribution in [0.5, 0.6) is 0 Å². The fourth-order valence-electron chi connectivity index (χ4n) is 1.36. The lowest BCUT2D eigenvalue weighted by molar-refractivity contribution is 0.325. The van der Waals surface area contributed by atoms with Crippen molar-refractivity contribution in [3.8, 4) is 0 Å². The molecule has 0 saturated carbocycles. The lowest BCUT2D eigenvalue weighted by atomic mass is 10.2. The minimum atomic E-state index is -1.12. The van der Waals surface area contributed by atoms with Gasteiger partial charge in [-0.2, -0.15) is 0 Å². The lowest BCUT2D eigenvalue weighted by Gasteiger charge is -2.13. The first kappa shape index (κ1) is 11.0. The summed E-state index contributed by atoms with van der Waals surface area (Å²) in [5.41, 5.74) is 2.50. The molecule has 1 atom stereocenters. The summed E-state index contributed by atoms with van der Waals surface area (Å²) < 4.78 is 19.0. The maximum absolute atomic E-state index is 11.3. The SMILES string of the molecule is CSc1sc(SC)c2c1COS(=O)C2. The molecule has 0 radical (unpaired) electrons. The molecule has 0 spiro atoms. The maximum atomic E-state index is 11.3. The smallest absolute Gasteiger partial charge is 0.160 e. The Hall–Kier alpha value is 0.510. The van der Waals surface area contributed by atoms with Crippen molar-refractivity contribution in [1.29, 1.82) is 0 Å². The normalized spacial score (nSPS) is 20.9. The van der Waals surface area contributed by atoms with Crippen molar-refractivity contribution in [3.05, 3.63) is 11.1 Å². The topological polar surface area (TPSA) is 26.3 Å². The van der Waals surface area contributed by atoms with Crippen molar-refractivity contribution in [2.75, 3.05) is 12.5 Å². The van der Waals surface area contributed by atoms with Gasteiger partial charge in [0.1, 0.15) is 0 Å². The summed E-state index contributed by atoms with van der Waals surface area (Å²) in [4.78, 5) is 0. The summed E-state index contributed by atoms with van der Waals surface area (Å²) in [5, 5.41) is 0. The average Bonchev–Trinajstić information content (AvgIpc) is 2.55. The molecule has 0 amide bonds. The van der Waals surface area contributed by atoms with Crippen LogP contribution >= 0.6 is 34.9 Å². The Morgan fingerprint density at radius 2 is 1.93 bits per heavy atom. The van der Waals surface area contributed by atoms with E-state index in [1.165, 1.54) is 19.5 Å². The average molecular weight is 266 g/mol. The first-order valence-corrected chi connectivity index (χ1v) is 8.51. The van der Waals surface area contributed by atoms with Crippen LogP contribution in [-0.4, -0.2) is 16.7 Å².